The molecule has 1 aromatic rings. The normalized spacial score (nSPS) is 16.5. The molecule has 1 saturated heterocycles. The number of nitrogens with one attached hydrogen (secondary N) is 2. The maximum atomic E-state index is 12.6. The molecule has 0 aromatic heterocycles. The zero-order valence-corrected chi connectivity index (χ0v) is 15.0. The zero-order chi connectivity index (χ0) is 17.5. The zero-order valence-electron chi connectivity index (χ0n) is 15.0. The number of benzene rings is 1. The van der Waals surface area contributed by atoms with Crippen LogP contribution < -0.4 is 10.6 Å². The molecule has 24 heavy (non-hydrogen) atoms. The summed E-state index contributed by atoms with van der Waals surface area (Å²) in [5.41, 5.74) is 1.47. The average Bonchev–Trinajstić information content (AvgIpc) is 2.60. The van der Waals surface area contributed by atoms with Crippen LogP contribution in [0.1, 0.15) is 50.4 Å². The highest BCUT2D eigenvalue weighted by Gasteiger charge is 2.21. The third-order valence-corrected chi connectivity index (χ3v) is 4.65. The number of amides is 2. The first kappa shape index (κ1) is 18.3. The molecule has 1 aliphatic heterocycles. The first-order valence-electron chi connectivity index (χ1n) is 8.92. The molecular formula is C19H29N3O2. The van der Waals surface area contributed by atoms with E-state index < -0.39 is 0 Å². The smallest absolute Gasteiger partial charge is 0.253 e. The largest absolute Gasteiger partial charge is 0.376 e. The summed E-state index contributed by atoms with van der Waals surface area (Å²) in [6.07, 6.45) is 3.04. The van der Waals surface area contributed by atoms with Crippen molar-refractivity contribution in [3.63, 3.8) is 0 Å². The minimum atomic E-state index is -0.0360. The molecule has 1 aromatic carbocycles. The molecule has 0 bridgehead atoms. The third-order valence-electron chi connectivity index (χ3n) is 4.65. The fourth-order valence-electron chi connectivity index (χ4n) is 2.77. The predicted molar refractivity (Wildman–Crippen MR) is 97.1 cm³/mol. The van der Waals surface area contributed by atoms with Crippen LogP contribution in [0.25, 0.3) is 0 Å². The monoisotopic (exact) mass is 331 g/mol. The Labute approximate surface area is 144 Å². The molecule has 2 N–H and O–H groups in total. The van der Waals surface area contributed by atoms with Gasteiger partial charge in [-0.2, -0.15) is 0 Å². The predicted octanol–water partition coefficient (Wildman–Crippen LogP) is 2.89. The van der Waals surface area contributed by atoms with E-state index in [1.54, 1.807) is 0 Å². The Balaban J connectivity index is 1.91. The summed E-state index contributed by atoms with van der Waals surface area (Å²) in [5, 5.41) is 6.01. The van der Waals surface area contributed by atoms with Crippen molar-refractivity contribution in [3.8, 4) is 0 Å². The number of carbonyl (C=O) groups excluding carboxylic acids is 2. The molecule has 0 spiro atoms. The van der Waals surface area contributed by atoms with Crippen LogP contribution in [-0.2, 0) is 4.79 Å². The molecule has 0 radical (unpaired) electrons. The highest BCUT2D eigenvalue weighted by Crippen LogP contribution is 2.19. The van der Waals surface area contributed by atoms with Crippen LogP contribution in [-0.4, -0.2) is 42.4 Å². The second-order valence-corrected chi connectivity index (χ2v) is 6.79. The van der Waals surface area contributed by atoms with Crippen LogP contribution in [0.5, 0.6) is 0 Å². The van der Waals surface area contributed by atoms with Crippen LogP contribution >= 0.6 is 0 Å². The number of piperidine rings is 1. The van der Waals surface area contributed by atoms with Gasteiger partial charge in [-0.3, -0.25) is 9.59 Å². The van der Waals surface area contributed by atoms with Crippen molar-refractivity contribution in [3.05, 3.63) is 29.8 Å². The second kappa shape index (κ2) is 8.71. The maximum Gasteiger partial charge on any atom is 0.253 e. The van der Waals surface area contributed by atoms with Crippen LogP contribution in [0.2, 0.25) is 0 Å². The molecule has 2 amide bonds. The number of nitrogens with zero attached hydrogens (tertiary/aromatic N) is 1. The number of likely N-dealkylation sites (tertiary alicyclic amines) is 1. The van der Waals surface area contributed by atoms with Crippen molar-refractivity contribution < 1.29 is 9.59 Å². The Kier molecular flexibility index (Phi) is 6.64. The highest BCUT2D eigenvalue weighted by atomic mass is 16.2. The van der Waals surface area contributed by atoms with E-state index in [4.69, 9.17) is 0 Å². The van der Waals surface area contributed by atoms with Gasteiger partial charge in [0.1, 0.15) is 0 Å². The van der Waals surface area contributed by atoms with Gasteiger partial charge in [0.2, 0.25) is 5.91 Å². The first-order valence-corrected chi connectivity index (χ1v) is 8.92. The SMILES string of the molecule is CCC(C)NC(=O)CNc1cccc(C(=O)N2CCC(C)CC2)c1. The van der Waals surface area contributed by atoms with Gasteiger partial charge in [0.25, 0.3) is 5.91 Å². The summed E-state index contributed by atoms with van der Waals surface area (Å²) in [7, 11) is 0. The Morgan fingerprint density at radius 3 is 2.67 bits per heavy atom. The Bertz CT molecular complexity index is 565. The van der Waals surface area contributed by atoms with Gasteiger partial charge in [0.15, 0.2) is 0 Å². The molecule has 1 heterocycles. The van der Waals surface area contributed by atoms with Crippen molar-refractivity contribution in [2.24, 2.45) is 5.92 Å². The fraction of sp³-hybridized carbons (Fsp3) is 0.579. The lowest BCUT2D eigenvalue weighted by Gasteiger charge is -2.30. The van der Waals surface area contributed by atoms with E-state index in [-0.39, 0.29) is 24.4 Å². The lowest BCUT2D eigenvalue weighted by molar-refractivity contribution is -0.120. The van der Waals surface area contributed by atoms with Crippen LogP contribution in [0.3, 0.4) is 0 Å². The first-order chi connectivity index (χ1) is 11.5. The minimum absolute atomic E-state index is 0.0360. The molecule has 0 aliphatic carbocycles. The molecule has 1 unspecified atom stereocenters. The summed E-state index contributed by atoms with van der Waals surface area (Å²) in [6, 6.07) is 7.58. The van der Waals surface area contributed by atoms with Crippen molar-refractivity contribution >= 4 is 17.5 Å². The van der Waals surface area contributed by atoms with Crippen molar-refractivity contribution in [1.29, 1.82) is 0 Å². The van der Waals surface area contributed by atoms with E-state index in [0.717, 1.165) is 38.0 Å². The van der Waals surface area contributed by atoms with Gasteiger partial charge < -0.3 is 15.5 Å². The van der Waals surface area contributed by atoms with Gasteiger partial charge in [0, 0.05) is 30.4 Å². The molecule has 132 valence electrons. The van der Waals surface area contributed by atoms with Gasteiger partial charge >= 0.3 is 0 Å². The Morgan fingerprint density at radius 2 is 2.00 bits per heavy atom. The molecule has 1 aliphatic rings. The highest BCUT2D eigenvalue weighted by molar-refractivity contribution is 5.95. The maximum absolute atomic E-state index is 12.6. The molecule has 0 saturated carbocycles. The van der Waals surface area contributed by atoms with Crippen molar-refractivity contribution in [2.75, 3.05) is 25.0 Å². The van der Waals surface area contributed by atoms with E-state index in [0.29, 0.717) is 11.5 Å². The van der Waals surface area contributed by atoms with E-state index in [1.807, 2.05) is 43.0 Å². The van der Waals surface area contributed by atoms with Crippen LogP contribution in [0.15, 0.2) is 24.3 Å². The number of carbonyl (C=O) groups is 2. The van der Waals surface area contributed by atoms with Gasteiger partial charge in [-0.15, -0.1) is 0 Å². The molecule has 1 atom stereocenters. The standard InChI is InChI=1S/C19H29N3O2/c1-4-15(3)21-18(23)13-20-17-7-5-6-16(12-17)19(24)22-10-8-14(2)9-11-22/h5-7,12,14-15,20H,4,8-11,13H2,1-3H3,(H,21,23). The van der Waals surface area contributed by atoms with E-state index in [9.17, 15) is 9.59 Å². The average molecular weight is 331 g/mol. The number of hydrogen-bond acceptors (Lipinski definition) is 3. The minimum Gasteiger partial charge on any atom is -0.376 e. The molecular weight excluding hydrogens is 302 g/mol. The Morgan fingerprint density at radius 1 is 1.29 bits per heavy atom. The van der Waals surface area contributed by atoms with Gasteiger partial charge in [-0.25, -0.2) is 0 Å². The summed E-state index contributed by atoms with van der Waals surface area (Å²) in [5.74, 6) is 0.742. The van der Waals surface area contributed by atoms with E-state index in [2.05, 4.69) is 17.6 Å². The molecule has 1 fully saturated rings. The van der Waals surface area contributed by atoms with Crippen molar-refractivity contribution in [2.45, 2.75) is 46.1 Å². The lowest BCUT2D eigenvalue weighted by atomic mass is 9.98. The lowest BCUT2D eigenvalue weighted by Crippen LogP contribution is -2.38. The Hall–Kier alpha value is -2.04. The fourth-order valence-corrected chi connectivity index (χ4v) is 2.77. The van der Waals surface area contributed by atoms with Gasteiger partial charge in [0.05, 0.1) is 6.54 Å². The molecule has 5 heteroatoms. The quantitative estimate of drug-likeness (QED) is 0.842. The van der Waals surface area contributed by atoms with Gasteiger partial charge in [-0.1, -0.05) is 19.9 Å². The third kappa shape index (κ3) is 5.25. The number of rotatable bonds is 6. The van der Waals surface area contributed by atoms with Crippen molar-refractivity contribution in [1.82, 2.24) is 10.2 Å². The second-order valence-electron chi connectivity index (χ2n) is 6.79. The summed E-state index contributed by atoms with van der Waals surface area (Å²) < 4.78 is 0. The van der Waals surface area contributed by atoms with Crippen LogP contribution in [0, 0.1) is 5.92 Å². The summed E-state index contributed by atoms with van der Waals surface area (Å²) >= 11 is 0. The van der Waals surface area contributed by atoms with E-state index >= 15 is 0 Å². The van der Waals surface area contributed by atoms with Crippen LogP contribution in [0.4, 0.5) is 5.69 Å². The number of hydrogen-bond donors (Lipinski definition) is 2. The summed E-state index contributed by atoms with van der Waals surface area (Å²) in [6.45, 7) is 8.12. The summed E-state index contributed by atoms with van der Waals surface area (Å²) in [4.78, 5) is 26.4. The topological polar surface area (TPSA) is 61.4 Å². The molecule has 2 rings (SSSR count). The number of anilines is 1. The van der Waals surface area contributed by atoms with E-state index in [1.165, 1.54) is 0 Å². The van der Waals surface area contributed by atoms with Gasteiger partial charge in [-0.05, 0) is 50.3 Å². The molecule has 5 nitrogen and oxygen atoms in total.